The maximum absolute atomic E-state index is 13.6. The molecule has 5 rings (SSSR count). The summed E-state index contributed by atoms with van der Waals surface area (Å²) < 4.78 is 16.1. The molecule has 2 aromatic carbocycles. The number of hydrogen-bond acceptors (Lipinski definition) is 8. The summed E-state index contributed by atoms with van der Waals surface area (Å²) in [6.45, 7) is 2.38. The van der Waals surface area contributed by atoms with Crippen molar-refractivity contribution in [1.29, 1.82) is 0 Å². The molecule has 0 aromatic heterocycles. The topological polar surface area (TPSA) is 114 Å². The summed E-state index contributed by atoms with van der Waals surface area (Å²) >= 11 is 0. The molecular formula is C23H22N2O7. The van der Waals surface area contributed by atoms with Crippen LogP contribution in [0.15, 0.2) is 42.5 Å². The molecule has 0 bridgehead atoms. The second-order valence-corrected chi connectivity index (χ2v) is 8.25. The quantitative estimate of drug-likeness (QED) is 0.548. The van der Waals surface area contributed by atoms with E-state index in [1.54, 1.807) is 37.3 Å². The Balaban J connectivity index is 1.58. The first-order chi connectivity index (χ1) is 15.3. The summed E-state index contributed by atoms with van der Waals surface area (Å²) in [5, 5.41) is 12.8. The van der Waals surface area contributed by atoms with Crippen LogP contribution in [0.5, 0.6) is 17.2 Å². The molecule has 3 aliphatic rings. The number of esters is 1. The number of carbonyl (C=O) groups is 3. The summed E-state index contributed by atoms with van der Waals surface area (Å²) in [7, 11) is 1.25. The Morgan fingerprint density at radius 3 is 2.47 bits per heavy atom. The average molecular weight is 438 g/mol. The molecule has 2 fully saturated rings. The van der Waals surface area contributed by atoms with E-state index in [0.717, 1.165) is 4.90 Å². The van der Waals surface area contributed by atoms with Gasteiger partial charge in [0, 0.05) is 12.1 Å². The first-order valence-corrected chi connectivity index (χ1v) is 10.3. The number of aromatic hydroxyl groups is 1. The number of ether oxygens (including phenoxy) is 3. The van der Waals surface area contributed by atoms with Crippen molar-refractivity contribution in [3.05, 3.63) is 48.0 Å². The van der Waals surface area contributed by atoms with E-state index in [0.29, 0.717) is 36.0 Å². The number of benzene rings is 2. The summed E-state index contributed by atoms with van der Waals surface area (Å²) in [6, 6.07) is 10.6. The summed E-state index contributed by atoms with van der Waals surface area (Å²) in [5.41, 5.74) is -0.372. The Morgan fingerprint density at radius 2 is 1.78 bits per heavy atom. The van der Waals surface area contributed by atoms with Gasteiger partial charge in [-0.2, -0.15) is 0 Å². The lowest BCUT2D eigenvalue weighted by Gasteiger charge is -2.29. The van der Waals surface area contributed by atoms with Crippen LogP contribution in [0.1, 0.15) is 18.5 Å². The minimum Gasteiger partial charge on any atom is -0.508 e. The lowest BCUT2D eigenvalue weighted by Crippen LogP contribution is -2.54. The first-order valence-electron chi connectivity index (χ1n) is 10.3. The number of rotatable bonds is 3. The maximum Gasteiger partial charge on any atom is 0.326 e. The minimum atomic E-state index is -1.41. The third-order valence-electron chi connectivity index (χ3n) is 6.43. The molecule has 166 valence electrons. The van der Waals surface area contributed by atoms with Crippen molar-refractivity contribution in [3.8, 4) is 17.2 Å². The molecule has 0 radical (unpaired) electrons. The number of amides is 2. The van der Waals surface area contributed by atoms with Crippen LogP contribution >= 0.6 is 0 Å². The zero-order chi connectivity index (χ0) is 22.6. The van der Waals surface area contributed by atoms with E-state index in [2.05, 4.69) is 5.32 Å². The molecule has 2 amide bonds. The number of carbonyl (C=O) groups excluding carboxylic acids is 3. The second-order valence-electron chi connectivity index (χ2n) is 8.25. The monoisotopic (exact) mass is 438 g/mol. The van der Waals surface area contributed by atoms with Gasteiger partial charge in [0.15, 0.2) is 11.5 Å². The van der Waals surface area contributed by atoms with Crippen LogP contribution in [0.4, 0.5) is 5.69 Å². The van der Waals surface area contributed by atoms with Crippen molar-refractivity contribution in [2.24, 2.45) is 11.8 Å². The number of imide groups is 1. The van der Waals surface area contributed by atoms with Crippen molar-refractivity contribution in [1.82, 2.24) is 5.32 Å². The molecule has 2 N–H and O–H groups in total. The van der Waals surface area contributed by atoms with Crippen LogP contribution in [-0.2, 0) is 19.1 Å². The minimum absolute atomic E-state index is 0.0748. The predicted molar refractivity (Wildman–Crippen MR) is 111 cm³/mol. The maximum atomic E-state index is 13.6. The Hall–Kier alpha value is -3.59. The Bertz CT molecular complexity index is 1120. The molecule has 3 aliphatic heterocycles. The van der Waals surface area contributed by atoms with E-state index < -0.39 is 41.2 Å². The van der Waals surface area contributed by atoms with Crippen molar-refractivity contribution >= 4 is 23.5 Å². The number of fused-ring (bicyclic) bond motifs is 2. The molecule has 2 saturated heterocycles. The number of hydrogen-bond donors (Lipinski definition) is 2. The van der Waals surface area contributed by atoms with Crippen molar-refractivity contribution in [3.63, 3.8) is 0 Å². The molecule has 0 aliphatic carbocycles. The zero-order valence-corrected chi connectivity index (χ0v) is 17.5. The van der Waals surface area contributed by atoms with Crippen LogP contribution < -0.4 is 19.7 Å². The fourth-order valence-electron chi connectivity index (χ4n) is 4.93. The Kier molecular flexibility index (Phi) is 4.59. The molecule has 0 saturated carbocycles. The second kappa shape index (κ2) is 7.23. The summed E-state index contributed by atoms with van der Waals surface area (Å²) in [6.07, 6.45) is 0. The molecule has 3 heterocycles. The van der Waals surface area contributed by atoms with E-state index in [9.17, 15) is 19.5 Å². The Labute approximate surface area is 183 Å². The number of anilines is 1. The van der Waals surface area contributed by atoms with Gasteiger partial charge < -0.3 is 19.3 Å². The van der Waals surface area contributed by atoms with Crippen molar-refractivity contribution < 1.29 is 33.7 Å². The van der Waals surface area contributed by atoms with Gasteiger partial charge in [0.1, 0.15) is 24.5 Å². The van der Waals surface area contributed by atoms with E-state index in [1.165, 1.54) is 19.2 Å². The van der Waals surface area contributed by atoms with Gasteiger partial charge in [-0.05, 0) is 36.8 Å². The lowest BCUT2D eigenvalue weighted by molar-refractivity contribution is -0.151. The number of nitrogens with zero attached hydrogens (tertiary/aromatic N) is 1. The van der Waals surface area contributed by atoms with Crippen LogP contribution in [0.3, 0.4) is 0 Å². The van der Waals surface area contributed by atoms with Crippen LogP contribution in [0.2, 0.25) is 0 Å². The van der Waals surface area contributed by atoms with Gasteiger partial charge in [0.2, 0.25) is 11.8 Å². The van der Waals surface area contributed by atoms with Gasteiger partial charge in [-0.3, -0.25) is 19.7 Å². The highest BCUT2D eigenvalue weighted by Crippen LogP contribution is 2.50. The predicted octanol–water partition coefficient (Wildman–Crippen LogP) is 1.55. The smallest absolute Gasteiger partial charge is 0.326 e. The SMILES string of the molecule is COC(=O)[C@]1(C)N[C@H](c2ccc(O)cc2)[C@H]2C(=O)N(c3ccc4c(c3)OCCO4)C(=O)[C@@H]21. The molecule has 9 heteroatoms. The summed E-state index contributed by atoms with van der Waals surface area (Å²) in [4.78, 5) is 41.1. The van der Waals surface area contributed by atoms with Gasteiger partial charge >= 0.3 is 5.97 Å². The number of phenols is 1. The number of nitrogens with one attached hydrogen (secondary N) is 1. The van der Waals surface area contributed by atoms with Crippen LogP contribution in [0, 0.1) is 11.8 Å². The van der Waals surface area contributed by atoms with Crippen LogP contribution in [-0.4, -0.2) is 48.8 Å². The highest BCUT2D eigenvalue weighted by Gasteiger charge is 2.67. The normalized spacial score (nSPS) is 28.6. The molecule has 9 nitrogen and oxygen atoms in total. The molecule has 32 heavy (non-hydrogen) atoms. The van der Waals surface area contributed by atoms with Gasteiger partial charge in [0.05, 0.1) is 24.6 Å². The average Bonchev–Trinajstić information content (AvgIpc) is 3.26. The molecule has 0 unspecified atom stereocenters. The van der Waals surface area contributed by atoms with Gasteiger partial charge in [-0.25, -0.2) is 4.90 Å². The number of methoxy groups -OCH3 is 1. The summed E-state index contributed by atoms with van der Waals surface area (Å²) in [5.74, 6) is -2.26. The van der Waals surface area contributed by atoms with E-state index in [1.807, 2.05) is 0 Å². The first kappa shape index (κ1) is 20.3. The van der Waals surface area contributed by atoms with Gasteiger partial charge in [-0.15, -0.1) is 0 Å². The van der Waals surface area contributed by atoms with Crippen molar-refractivity contribution in [2.75, 3.05) is 25.2 Å². The molecule has 4 atom stereocenters. The fraction of sp³-hybridized carbons (Fsp3) is 0.348. The standard InChI is InChI=1S/C23H22N2O7/c1-23(22(29)30-2)18-17(19(24-23)12-3-6-14(26)7-4-12)20(27)25(21(18)28)13-5-8-15-16(11-13)32-10-9-31-15/h3-8,11,17-19,24,26H,9-10H2,1-2H3/t17-,18+,19+,23+/m0/s1. The van der Waals surface area contributed by atoms with Gasteiger partial charge in [0.25, 0.3) is 0 Å². The van der Waals surface area contributed by atoms with E-state index in [-0.39, 0.29) is 5.75 Å². The fourth-order valence-corrected chi connectivity index (χ4v) is 4.93. The van der Waals surface area contributed by atoms with E-state index in [4.69, 9.17) is 14.2 Å². The lowest BCUT2D eigenvalue weighted by atomic mass is 9.80. The molecular weight excluding hydrogens is 416 g/mol. The number of phenolic OH excluding ortho intramolecular Hbond substituents is 1. The highest BCUT2D eigenvalue weighted by molar-refractivity contribution is 6.24. The van der Waals surface area contributed by atoms with Crippen LogP contribution in [0.25, 0.3) is 0 Å². The molecule has 0 spiro atoms. The third kappa shape index (κ3) is 2.85. The van der Waals surface area contributed by atoms with E-state index >= 15 is 0 Å². The zero-order valence-electron chi connectivity index (χ0n) is 17.5. The largest absolute Gasteiger partial charge is 0.508 e. The highest BCUT2D eigenvalue weighted by atomic mass is 16.6. The van der Waals surface area contributed by atoms with Crippen molar-refractivity contribution in [2.45, 2.75) is 18.5 Å². The Morgan fingerprint density at radius 1 is 1.09 bits per heavy atom. The molecule has 2 aromatic rings. The third-order valence-corrected chi connectivity index (χ3v) is 6.43. The van der Waals surface area contributed by atoms with Gasteiger partial charge in [-0.1, -0.05) is 12.1 Å².